The van der Waals surface area contributed by atoms with Gasteiger partial charge in [-0.2, -0.15) is 5.26 Å². The number of para-hydroxylation sites is 1. The molecule has 1 amide bonds. The predicted octanol–water partition coefficient (Wildman–Crippen LogP) is 5.92. The smallest absolute Gasteiger partial charge is 0.267 e. The molecule has 0 saturated heterocycles. The van der Waals surface area contributed by atoms with E-state index in [4.69, 9.17) is 0 Å². The summed E-state index contributed by atoms with van der Waals surface area (Å²) in [6.07, 6.45) is 4.86. The first kappa shape index (κ1) is 21.2. The van der Waals surface area contributed by atoms with E-state index in [0.29, 0.717) is 0 Å². The molecule has 2 rings (SSSR count). The molecule has 2 N–H and O–H groups in total. The highest BCUT2D eigenvalue weighted by molar-refractivity contribution is 6.07. The fraction of sp³-hybridized carbons (Fsp3) is 0.333. The van der Waals surface area contributed by atoms with E-state index >= 15 is 0 Å². The van der Waals surface area contributed by atoms with Crippen molar-refractivity contribution in [3.05, 3.63) is 70.9 Å². The van der Waals surface area contributed by atoms with Crippen molar-refractivity contribution >= 4 is 17.3 Å². The Labute approximate surface area is 168 Å². The van der Waals surface area contributed by atoms with Gasteiger partial charge >= 0.3 is 0 Å². The standard InChI is InChI=1S/C24H29N3O/c1-5-6-9-19-11-13-21(14-12-19)26-16-20(15-25)24(28)27-23-18(4)8-7-10-22(23)17(2)3/h7-8,10-14,16-17,26H,5-6,9H2,1-4H3,(H,27,28)/b20-16-. The number of rotatable bonds is 8. The van der Waals surface area contributed by atoms with E-state index in [1.165, 1.54) is 24.6 Å². The van der Waals surface area contributed by atoms with E-state index in [1.807, 2.05) is 43.3 Å². The lowest BCUT2D eigenvalue weighted by Crippen LogP contribution is -2.17. The molecule has 0 radical (unpaired) electrons. The summed E-state index contributed by atoms with van der Waals surface area (Å²) in [5.41, 5.74) is 4.99. The number of benzene rings is 2. The summed E-state index contributed by atoms with van der Waals surface area (Å²) in [5.74, 6) is -0.139. The third-order valence-corrected chi connectivity index (χ3v) is 4.69. The summed E-state index contributed by atoms with van der Waals surface area (Å²) in [4.78, 5) is 12.6. The Hall–Kier alpha value is -3.06. The maximum atomic E-state index is 12.6. The predicted molar refractivity (Wildman–Crippen MR) is 116 cm³/mol. The van der Waals surface area contributed by atoms with Crippen LogP contribution in [-0.4, -0.2) is 5.91 Å². The van der Waals surface area contributed by atoms with Crippen LogP contribution in [0.25, 0.3) is 0 Å². The zero-order valence-corrected chi connectivity index (χ0v) is 17.2. The van der Waals surface area contributed by atoms with Crippen molar-refractivity contribution in [1.29, 1.82) is 5.26 Å². The minimum atomic E-state index is -0.411. The van der Waals surface area contributed by atoms with Gasteiger partial charge in [0.25, 0.3) is 5.91 Å². The Morgan fingerprint density at radius 3 is 2.50 bits per heavy atom. The Morgan fingerprint density at radius 2 is 1.89 bits per heavy atom. The molecule has 0 spiro atoms. The van der Waals surface area contributed by atoms with Crippen LogP contribution in [0.5, 0.6) is 0 Å². The third-order valence-electron chi connectivity index (χ3n) is 4.69. The molecule has 4 nitrogen and oxygen atoms in total. The number of aryl methyl sites for hydroxylation is 2. The topological polar surface area (TPSA) is 64.9 Å². The molecule has 2 aromatic rings. The van der Waals surface area contributed by atoms with Crippen molar-refractivity contribution < 1.29 is 4.79 Å². The number of nitriles is 1. The molecule has 0 saturated carbocycles. The monoisotopic (exact) mass is 375 g/mol. The molecule has 0 heterocycles. The van der Waals surface area contributed by atoms with Crippen LogP contribution in [0.2, 0.25) is 0 Å². The van der Waals surface area contributed by atoms with E-state index in [0.717, 1.165) is 28.9 Å². The number of amides is 1. The molecular weight excluding hydrogens is 346 g/mol. The van der Waals surface area contributed by atoms with Crippen LogP contribution in [0, 0.1) is 18.3 Å². The highest BCUT2D eigenvalue weighted by atomic mass is 16.1. The molecule has 0 aliphatic rings. The number of anilines is 2. The van der Waals surface area contributed by atoms with Gasteiger partial charge in [0.15, 0.2) is 0 Å². The van der Waals surface area contributed by atoms with E-state index in [-0.39, 0.29) is 11.5 Å². The SMILES string of the molecule is CCCCc1ccc(N/C=C(/C#N)C(=O)Nc2c(C)cccc2C(C)C)cc1. The number of hydrogen-bond donors (Lipinski definition) is 2. The molecule has 0 aliphatic heterocycles. The molecule has 0 atom stereocenters. The van der Waals surface area contributed by atoms with Gasteiger partial charge in [-0.3, -0.25) is 4.79 Å². The molecule has 146 valence electrons. The maximum Gasteiger partial charge on any atom is 0.267 e. The Bertz CT molecular complexity index is 874. The van der Waals surface area contributed by atoms with Gasteiger partial charge in [0.2, 0.25) is 0 Å². The second kappa shape index (κ2) is 10.3. The fourth-order valence-corrected chi connectivity index (χ4v) is 2.98. The summed E-state index contributed by atoms with van der Waals surface area (Å²) in [5, 5.41) is 15.4. The first-order valence-electron chi connectivity index (χ1n) is 9.82. The van der Waals surface area contributed by atoms with Gasteiger partial charge in [-0.15, -0.1) is 0 Å². The molecule has 0 aliphatic carbocycles. The van der Waals surface area contributed by atoms with Gasteiger partial charge < -0.3 is 10.6 Å². The summed E-state index contributed by atoms with van der Waals surface area (Å²) in [6, 6.07) is 16.0. The molecule has 0 fully saturated rings. The van der Waals surface area contributed by atoms with Gasteiger partial charge in [-0.25, -0.2) is 0 Å². The van der Waals surface area contributed by atoms with Crippen LogP contribution >= 0.6 is 0 Å². The molecule has 28 heavy (non-hydrogen) atoms. The first-order valence-corrected chi connectivity index (χ1v) is 9.82. The van der Waals surface area contributed by atoms with Crippen molar-refractivity contribution in [3.63, 3.8) is 0 Å². The van der Waals surface area contributed by atoms with E-state index < -0.39 is 5.91 Å². The quantitative estimate of drug-likeness (QED) is 0.445. The largest absolute Gasteiger partial charge is 0.360 e. The molecule has 0 aromatic heterocycles. The van der Waals surface area contributed by atoms with Gasteiger partial charge in [-0.05, 0) is 54.5 Å². The Morgan fingerprint density at radius 1 is 1.18 bits per heavy atom. The first-order chi connectivity index (χ1) is 13.5. The number of carbonyl (C=O) groups is 1. The van der Waals surface area contributed by atoms with Crippen molar-refractivity contribution in [3.8, 4) is 6.07 Å². The minimum Gasteiger partial charge on any atom is -0.360 e. The van der Waals surface area contributed by atoms with Crippen molar-refractivity contribution in [1.82, 2.24) is 0 Å². The van der Waals surface area contributed by atoms with Crippen molar-refractivity contribution in [2.75, 3.05) is 10.6 Å². The molecular formula is C24H29N3O. The Kier molecular flexibility index (Phi) is 7.83. The third kappa shape index (κ3) is 5.72. The van der Waals surface area contributed by atoms with Crippen molar-refractivity contribution in [2.45, 2.75) is 52.9 Å². The molecule has 2 aromatic carbocycles. The second-order valence-corrected chi connectivity index (χ2v) is 7.26. The van der Waals surface area contributed by atoms with Gasteiger partial charge in [0.05, 0.1) is 0 Å². The maximum absolute atomic E-state index is 12.6. The van der Waals surface area contributed by atoms with E-state index in [1.54, 1.807) is 0 Å². The average molecular weight is 376 g/mol. The zero-order chi connectivity index (χ0) is 20.5. The second-order valence-electron chi connectivity index (χ2n) is 7.26. The van der Waals surface area contributed by atoms with Crippen molar-refractivity contribution in [2.24, 2.45) is 0 Å². The van der Waals surface area contributed by atoms with Crippen LogP contribution < -0.4 is 10.6 Å². The summed E-state index contributed by atoms with van der Waals surface area (Å²) in [7, 11) is 0. The molecule has 0 unspecified atom stereocenters. The highest BCUT2D eigenvalue weighted by Crippen LogP contribution is 2.27. The molecule has 0 bridgehead atoms. The lowest BCUT2D eigenvalue weighted by Gasteiger charge is -2.16. The Balaban J connectivity index is 2.11. The number of unbranched alkanes of at least 4 members (excludes halogenated alkanes) is 1. The summed E-state index contributed by atoms with van der Waals surface area (Å²) in [6.45, 7) is 8.29. The number of nitrogens with one attached hydrogen (secondary N) is 2. The van der Waals surface area contributed by atoms with Crippen LogP contribution in [0.4, 0.5) is 11.4 Å². The summed E-state index contributed by atoms with van der Waals surface area (Å²) >= 11 is 0. The summed E-state index contributed by atoms with van der Waals surface area (Å²) < 4.78 is 0. The van der Waals surface area contributed by atoms with Crippen LogP contribution in [0.3, 0.4) is 0 Å². The number of carbonyl (C=O) groups excluding carboxylic acids is 1. The van der Waals surface area contributed by atoms with Crippen LogP contribution in [0.15, 0.2) is 54.2 Å². The lowest BCUT2D eigenvalue weighted by atomic mass is 9.98. The van der Waals surface area contributed by atoms with Gasteiger partial charge in [-0.1, -0.05) is 57.5 Å². The van der Waals surface area contributed by atoms with E-state index in [2.05, 4.69) is 43.5 Å². The minimum absolute atomic E-state index is 0.0352. The van der Waals surface area contributed by atoms with E-state index in [9.17, 15) is 10.1 Å². The van der Waals surface area contributed by atoms with Gasteiger partial charge in [0.1, 0.15) is 11.6 Å². The fourth-order valence-electron chi connectivity index (χ4n) is 2.98. The van der Waals surface area contributed by atoms with Gasteiger partial charge in [0, 0.05) is 17.6 Å². The highest BCUT2D eigenvalue weighted by Gasteiger charge is 2.15. The zero-order valence-electron chi connectivity index (χ0n) is 17.2. The molecule has 4 heteroatoms. The van der Waals surface area contributed by atoms with Crippen LogP contribution in [-0.2, 0) is 11.2 Å². The number of nitrogens with zero attached hydrogens (tertiary/aromatic N) is 1. The lowest BCUT2D eigenvalue weighted by molar-refractivity contribution is -0.112. The normalized spacial score (nSPS) is 11.2. The average Bonchev–Trinajstić information content (AvgIpc) is 2.69. The number of hydrogen-bond acceptors (Lipinski definition) is 3. The van der Waals surface area contributed by atoms with Crippen LogP contribution in [0.1, 0.15) is 56.2 Å².